The highest BCUT2D eigenvalue weighted by molar-refractivity contribution is 7.92. The molecular weight excluding hydrogens is 440 g/mol. The molecule has 0 amide bonds. The summed E-state index contributed by atoms with van der Waals surface area (Å²) in [6, 6.07) is 31.7. The highest BCUT2D eigenvalue weighted by Crippen LogP contribution is 2.50. The van der Waals surface area contributed by atoms with Crippen molar-refractivity contribution in [2.75, 3.05) is 0 Å². The highest BCUT2D eigenvalue weighted by atomic mass is 32.2. The Morgan fingerprint density at radius 1 is 0.588 bits per heavy atom. The van der Waals surface area contributed by atoms with Crippen LogP contribution in [-0.2, 0) is 9.84 Å². The van der Waals surface area contributed by atoms with E-state index in [1.54, 1.807) is 24.3 Å². The largest absolute Gasteiger partial charge is 0.290 e. The molecule has 0 fully saturated rings. The fourth-order valence-corrected chi connectivity index (χ4v) is 7.36. The van der Waals surface area contributed by atoms with E-state index in [4.69, 9.17) is 4.98 Å². The second-order valence-electron chi connectivity index (χ2n) is 8.80. The zero-order valence-electron chi connectivity index (χ0n) is 17.9. The Bertz CT molecular complexity index is 1950. The number of benzene rings is 5. The standard InChI is InChI=1S/C29H16N2O2S/c32-34(33)25-13-4-3-12-24(25)31-28-23(11-6-14-26(28)34)30-29(31)22-16-15-21-18-8-2-1-7-17(18)19-9-5-10-20(22)27(19)21/h1-16H. The van der Waals surface area contributed by atoms with Crippen LogP contribution >= 0.6 is 0 Å². The molecule has 2 heterocycles. The van der Waals surface area contributed by atoms with E-state index in [2.05, 4.69) is 54.6 Å². The van der Waals surface area contributed by atoms with Gasteiger partial charge in [0, 0.05) is 5.56 Å². The molecular formula is C29H16N2O2S. The second-order valence-corrected chi connectivity index (χ2v) is 10.7. The van der Waals surface area contributed by atoms with Crippen LogP contribution in [0.1, 0.15) is 0 Å². The van der Waals surface area contributed by atoms with Gasteiger partial charge in [-0.25, -0.2) is 13.4 Å². The summed E-state index contributed by atoms with van der Waals surface area (Å²) in [5.41, 5.74) is 7.89. The van der Waals surface area contributed by atoms with Crippen LogP contribution in [-0.4, -0.2) is 18.0 Å². The number of sulfone groups is 1. The first-order valence-corrected chi connectivity index (χ1v) is 12.6. The Labute approximate surface area is 195 Å². The Hall–Kier alpha value is -4.22. The summed E-state index contributed by atoms with van der Waals surface area (Å²) in [5, 5.41) is 2.34. The van der Waals surface area contributed by atoms with Crippen molar-refractivity contribution in [3.8, 4) is 39.3 Å². The molecule has 5 aromatic carbocycles. The molecule has 0 unspecified atom stereocenters. The van der Waals surface area contributed by atoms with E-state index >= 15 is 0 Å². The number of hydrogen-bond acceptors (Lipinski definition) is 3. The molecule has 0 saturated heterocycles. The molecule has 0 spiro atoms. The Morgan fingerprint density at radius 3 is 2.09 bits per heavy atom. The van der Waals surface area contributed by atoms with E-state index in [1.807, 2.05) is 22.8 Å². The van der Waals surface area contributed by atoms with Crippen molar-refractivity contribution in [1.82, 2.24) is 9.55 Å². The van der Waals surface area contributed by atoms with Gasteiger partial charge >= 0.3 is 0 Å². The van der Waals surface area contributed by atoms with Gasteiger partial charge in [0.2, 0.25) is 9.84 Å². The van der Waals surface area contributed by atoms with Gasteiger partial charge in [-0.05, 0) is 63.4 Å². The second kappa shape index (κ2) is 6.01. The van der Waals surface area contributed by atoms with Crippen LogP contribution in [0.15, 0.2) is 107 Å². The summed E-state index contributed by atoms with van der Waals surface area (Å²) in [7, 11) is -3.62. The lowest BCUT2D eigenvalue weighted by molar-refractivity contribution is 0.594. The molecule has 6 aromatic rings. The van der Waals surface area contributed by atoms with Gasteiger partial charge in [-0.15, -0.1) is 0 Å². The van der Waals surface area contributed by atoms with Crippen LogP contribution in [0.3, 0.4) is 0 Å². The van der Waals surface area contributed by atoms with Crippen LogP contribution in [0.2, 0.25) is 0 Å². The number of rotatable bonds is 1. The van der Waals surface area contributed by atoms with Crippen molar-refractivity contribution in [3.63, 3.8) is 0 Å². The Morgan fingerprint density at radius 2 is 1.24 bits per heavy atom. The number of para-hydroxylation sites is 2. The summed E-state index contributed by atoms with van der Waals surface area (Å²) < 4.78 is 28.9. The van der Waals surface area contributed by atoms with Crippen molar-refractivity contribution in [2.24, 2.45) is 0 Å². The van der Waals surface area contributed by atoms with E-state index in [0.29, 0.717) is 26.5 Å². The minimum absolute atomic E-state index is 0.306. The Balaban J connectivity index is 1.53. The fourth-order valence-electron chi connectivity index (χ4n) is 5.72. The molecule has 34 heavy (non-hydrogen) atoms. The normalized spacial score (nSPS) is 14.4. The number of nitrogens with zero attached hydrogens (tertiary/aromatic N) is 2. The van der Waals surface area contributed by atoms with E-state index in [-0.39, 0.29) is 0 Å². The summed E-state index contributed by atoms with van der Waals surface area (Å²) >= 11 is 0. The Kier molecular flexibility index (Phi) is 3.22. The van der Waals surface area contributed by atoms with Crippen LogP contribution in [0.5, 0.6) is 0 Å². The van der Waals surface area contributed by atoms with Gasteiger partial charge in [0.05, 0.1) is 26.5 Å². The maximum absolute atomic E-state index is 13.4. The average molecular weight is 457 g/mol. The van der Waals surface area contributed by atoms with E-state index in [9.17, 15) is 8.42 Å². The molecule has 4 nitrogen and oxygen atoms in total. The summed E-state index contributed by atoms with van der Waals surface area (Å²) in [6.07, 6.45) is 0. The molecule has 0 saturated carbocycles. The number of hydrogen-bond donors (Lipinski definition) is 0. The third-order valence-corrected chi connectivity index (χ3v) is 8.95. The maximum atomic E-state index is 13.4. The minimum Gasteiger partial charge on any atom is -0.290 e. The van der Waals surface area contributed by atoms with Gasteiger partial charge in [-0.2, -0.15) is 0 Å². The van der Waals surface area contributed by atoms with Crippen molar-refractivity contribution in [3.05, 3.63) is 97.1 Å². The first-order valence-electron chi connectivity index (χ1n) is 11.2. The maximum Gasteiger partial charge on any atom is 0.210 e. The van der Waals surface area contributed by atoms with Crippen LogP contribution in [0, 0.1) is 0 Å². The van der Waals surface area contributed by atoms with Crippen molar-refractivity contribution < 1.29 is 8.42 Å². The molecule has 0 bridgehead atoms. The molecule has 1 aliphatic heterocycles. The molecule has 0 N–H and O–H groups in total. The van der Waals surface area contributed by atoms with Gasteiger partial charge in [0.1, 0.15) is 5.82 Å². The van der Waals surface area contributed by atoms with Gasteiger partial charge in [0.15, 0.2) is 0 Å². The molecule has 1 aliphatic carbocycles. The van der Waals surface area contributed by atoms with Crippen LogP contribution in [0.4, 0.5) is 0 Å². The lowest BCUT2D eigenvalue weighted by Gasteiger charge is -2.21. The van der Waals surface area contributed by atoms with Gasteiger partial charge in [-0.3, -0.25) is 4.57 Å². The number of aromatic nitrogens is 2. The van der Waals surface area contributed by atoms with E-state index < -0.39 is 9.84 Å². The first-order chi connectivity index (χ1) is 16.6. The lowest BCUT2D eigenvalue weighted by atomic mass is 9.98. The fraction of sp³-hybridized carbons (Fsp3) is 0. The van der Waals surface area contributed by atoms with Crippen LogP contribution < -0.4 is 0 Å². The van der Waals surface area contributed by atoms with E-state index in [1.165, 1.54) is 27.6 Å². The summed E-state index contributed by atoms with van der Waals surface area (Å²) in [4.78, 5) is 5.62. The predicted octanol–water partition coefficient (Wildman–Crippen LogP) is 6.64. The predicted molar refractivity (Wildman–Crippen MR) is 134 cm³/mol. The smallest absolute Gasteiger partial charge is 0.210 e. The summed E-state index contributed by atoms with van der Waals surface area (Å²) in [6.45, 7) is 0. The number of imidazole rings is 1. The molecule has 160 valence electrons. The molecule has 2 aliphatic rings. The first kappa shape index (κ1) is 18.2. The van der Waals surface area contributed by atoms with Crippen LogP contribution in [0.25, 0.3) is 61.1 Å². The topological polar surface area (TPSA) is 52.0 Å². The van der Waals surface area contributed by atoms with Gasteiger partial charge < -0.3 is 0 Å². The lowest BCUT2D eigenvalue weighted by Crippen LogP contribution is -2.14. The molecule has 0 atom stereocenters. The third-order valence-electron chi connectivity index (χ3n) is 7.11. The quantitative estimate of drug-likeness (QED) is 0.278. The average Bonchev–Trinajstić information content (AvgIpc) is 3.41. The van der Waals surface area contributed by atoms with E-state index in [0.717, 1.165) is 16.8 Å². The van der Waals surface area contributed by atoms with Gasteiger partial charge in [0.25, 0.3) is 0 Å². The van der Waals surface area contributed by atoms with Crippen molar-refractivity contribution in [1.29, 1.82) is 0 Å². The zero-order valence-corrected chi connectivity index (χ0v) is 18.7. The molecule has 1 aromatic heterocycles. The molecule has 0 radical (unpaired) electrons. The van der Waals surface area contributed by atoms with Crippen molar-refractivity contribution in [2.45, 2.75) is 9.79 Å². The molecule has 8 rings (SSSR count). The number of fused-ring (bicyclic) bond motifs is 5. The summed E-state index contributed by atoms with van der Waals surface area (Å²) in [5.74, 6) is 0.754. The third kappa shape index (κ3) is 2.04. The minimum atomic E-state index is -3.62. The monoisotopic (exact) mass is 456 g/mol. The molecule has 5 heteroatoms. The van der Waals surface area contributed by atoms with Crippen molar-refractivity contribution >= 4 is 31.6 Å². The highest BCUT2D eigenvalue weighted by Gasteiger charge is 2.34. The SMILES string of the molecule is O=S1(=O)c2ccccc2-n2c(-c3ccc4c5c(cccc35)-c3ccccc3-4)nc3cccc1c32. The van der Waals surface area contributed by atoms with Gasteiger partial charge in [-0.1, -0.05) is 66.7 Å². The zero-order chi connectivity index (χ0) is 22.6.